The highest BCUT2D eigenvalue weighted by Gasteiger charge is 2.22. The standard InChI is InChI=1S/C28H25ClF2N6O3/c1-17(12-18-4-7-20(39-2)8-5-18)15-36-16-23(34-27(38)22-14-33-37-11-3-10-32-26(22)37)25(35-36)21-13-19(29)6-9-24(21)40-28(30)31/h3-11,13-14,16-17,28H,12,15H2,1-2H3,(H,34,38)/t17-/m0/s1. The number of methoxy groups -OCH3 is 1. The Labute approximate surface area is 233 Å². The maximum atomic E-state index is 13.3. The summed E-state index contributed by atoms with van der Waals surface area (Å²) in [5.74, 6) is 0.311. The molecule has 0 bridgehead atoms. The number of amides is 1. The van der Waals surface area contributed by atoms with Gasteiger partial charge in [-0.15, -0.1) is 0 Å². The van der Waals surface area contributed by atoms with Gasteiger partial charge in [-0.3, -0.25) is 9.48 Å². The molecule has 0 spiro atoms. The molecule has 12 heteroatoms. The number of nitrogens with one attached hydrogen (secondary N) is 1. The average Bonchev–Trinajstić information content (AvgIpc) is 3.54. The van der Waals surface area contributed by atoms with Gasteiger partial charge in [-0.25, -0.2) is 9.50 Å². The Morgan fingerprint density at radius 1 is 1.18 bits per heavy atom. The normalized spacial score (nSPS) is 12.1. The van der Waals surface area contributed by atoms with Crippen molar-refractivity contribution in [3.63, 3.8) is 0 Å². The molecule has 2 aromatic carbocycles. The molecule has 0 fully saturated rings. The Balaban J connectivity index is 1.47. The fourth-order valence-electron chi connectivity index (χ4n) is 4.42. The van der Waals surface area contributed by atoms with Gasteiger partial charge in [0.25, 0.3) is 5.91 Å². The van der Waals surface area contributed by atoms with E-state index in [1.165, 1.54) is 28.9 Å². The lowest BCUT2D eigenvalue weighted by Gasteiger charge is -2.12. The summed E-state index contributed by atoms with van der Waals surface area (Å²) >= 11 is 6.22. The van der Waals surface area contributed by atoms with E-state index >= 15 is 0 Å². The third kappa shape index (κ3) is 6.04. The molecule has 3 aromatic heterocycles. The number of hydrogen-bond acceptors (Lipinski definition) is 6. The van der Waals surface area contributed by atoms with Crippen molar-refractivity contribution in [2.75, 3.05) is 12.4 Å². The van der Waals surface area contributed by atoms with E-state index in [1.807, 2.05) is 24.3 Å². The highest BCUT2D eigenvalue weighted by molar-refractivity contribution is 6.31. The molecule has 0 unspecified atom stereocenters. The first-order valence-electron chi connectivity index (χ1n) is 12.4. The second-order valence-corrected chi connectivity index (χ2v) is 9.63. The summed E-state index contributed by atoms with van der Waals surface area (Å²) in [5, 5.41) is 12.0. The van der Waals surface area contributed by atoms with Crippen LogP contribution >= 0.6 is 11.6 Å². The van der Waals surface area contributed by atoms with Gasteiger partial charge in [0.15, 0.2) is 5.65 Å². The van der Waals surface area contributed by atoms with Gasteiger partial charge in [0.05, 0.1) is 19.0 Å². The van der Waals surface area contributed by atoms with E-state index in [4.69, 9.17) is 21.1 Å². The molecule has 1 atom stereocenters. The number of alkyl halides is 2. The third-order valence-corrected chi connectivity index (χ3v) is 6.42. The minimum Gasteiger partial charge on any atom is -0.497 e. The number of anilines is 1. The Morgan fingerprint density at radius 3 is 2.73 bits per heavy atom. The van der Waals surface area contributed by atoms with Crippen LogP contribution in [0.1, 0.15) is 22.8 Å². The van der Waals surface area contributed by atoms with Crippen molar-refractivity contribution in [2.45, 2.75) is 26.5 Å². The lowest BCUT2D eigenvalue weighted by Crippen LogP contribution is -2.13. The van der Waals surface area contributed by atoms with Crippen molar-refractivity contribution in [3.8, 4) is 22.8 Å². The molecule has 5 rings (SSSR count). The quantitative estimate of drug-likeness (QED) is 0.223. The van der Waals surface area contributed by atoms with Crippen LogP contribution in [-0.4, -0.2) is 44.0 Å². The van der Waals surface area contributed by atoms with Crippen LogP contribution in [0.3, 0.4) is 0 Å². The molecule has 0 aliphatic heterocycles. The van der Waals surface area contributed by atoms with Gasteiger partial charge < -0.3 is 14.8 Å². The molecular formula is C28H25ClF2N6O3. The maximum absolute atomic E-state index is 13.3. The van der Waals surface area contributed by atoms with E-state index in [0.717, 1.165) is 17.7 Å². The van der Waals surface area contributed by atoms with Crippen molar-refractivity contribution in [1.82, 2.24) is 24.4 Å². The van der Waals surface area contributed by atoms with Gasteiger partial charge >= 0.3 is 6.61 Å². The number of rotatable bonds is 10. The average molecular weight is 567 g/mol. The Hall–Kier alpha value is -4.51. The van der Waals surface area contributed by atoms with E-state index in [0.29, 0.717) is 22.9 Å². The van der Waals surface area contributed by atoms with Crippen molar-refractivity contribution in [2.24, 2.45) is 5.92 Å². The van der Waals surface area contributed by atoms with Crippen molar-refractivity contribution < 1.29 is 23.0 Å². The van der Waals surface area contributed by atoms with Crippen LogP contribution in [0.2, 0.25) is 5.02 Å². The molecule has 5 aromatic rings. The fraction of sp³-hybridized carbons (Fsp3) is 0.214. The van der Waals surface area contributed by atoms with E-state index in [1.54, 1.807) is 36.4 Å². The number of carbonyl (C=O) groups is 1. The number of nitrogens with zero attached hydrogens (tertiary/aromatic N) is 5. The second-order valence-electron chi connectivity index (χ2n) is 9.19. The topological polar surface area (TPSA) is 95.6 Å². The summed E-state index contributed by atoms with van der Waals surface area (Å²) in [6, 6.07) is 13.8. The summed E-state index contributed by atoms with van der Waals surface area (Å²) in [6.07, 6.45) is 7.05. The molecule has 0 saturated heterocycles. The minimum absolute atomic E-state index is 0.121. The van der Waals surface area contributed by atoms with Crippen molar-refractivity contribution >= 4 is 28.8 Å². The van der Waals surface area contributed by atoms with E-state index in [-0.39, 0.29) is 28.5 Å². The van der Waals surface area contributed by atoms with Crippen LogP contribution in [0, 0.1) is 5.92 Å². The van der Waals surface area contributed by atoms with Gasteiger partial charge in [-0.05, 0) is 54.3 Å². The number of halogens is 3. The highest BCUT2D eigenvalue weighted by Crippen LogP contribution is 2.37. The minimum atomic E-state index is -3.06. The third-order valence-electron chi connectivity index (χ3n) is 6.19. The summed E-state index contributed by atoms with van der Waals surface area (Å²) in [4.78, 5) is 17.5. The van der Waals surface area contributed by atoms with Gasteiger partial charge in [0, 0.05) is 35.7 Å². The predicted molar refractivity (Wildman–Crippen MR) is 146 cm³/mol. The van der Waals surface area contributed by atoms with E-state index in [2.05, 4.69) is 27.4 Å². The molecule has 0 aliphatic rings. The zero-order valence-corrected chi connectivity index (χ0v) is 22.3. The van der Waals surface area contributed by atoms with E-state index < -0.39 is 12.5 Å². The first-order valence-corrected chi connectivity index (χ1v) is 12.7. The van der Waals surface area contributed by atoms with Gasteiger partial charge in [0.1, 0.15) is 22.8 Å². The molecule has 0 radical (unpaired) electrons. The van der Waals surface area contributed by atoms with Crippen LogP contribution in [-0.2, 0) is 13.0 Å². The first-order chi connectivity index (χ1) is 19.3. The monoisotopic (exact) mass is 566 g/mol. The SMILES string of the molecule is COc1ccc(C[C@H](C)Cn2cc(NC(=O)c3cnn4cccnc34)c(-c3cc(Cl)ccc3OC(F)F)n2)cc1. The summed E-state index contributed by atoms with van der Waals surface area (Å²) in [5.41, 5.74) is 2.46. The lowest BCUT2D eigenvalue weighted by molar-refractivity contribution is -0.0494. The number of carbonyl (C=O) groups excluding carboxylic acids is 1. The largest absolute Gasteiger partial charge is 0.497 e. The number of ether oxygens (including phenoxy) is 2. The van der Waals surface area contributed by atoms with Crippen LogP contribution < -0.4 is 14.8 Å². The number of aromatic nitrogens is 5. The van der Waals surface area contributed by atoms with Crippen molar-refractivity contribution in [1.29, 1.82) is 0 Å². The molecule has 0 saturated carbocycles. The Bertz CT molecular complexity index is 1640. The zero-order valence-electron chi connectivity index (χ0n) is 21.6. The summed E-state index contributed by atoms with van der Waals surface area (Å²) < 4.78 is 39.6. The molecular weight excluding hydrogens is 542 g/mol. The zero-order chi connectivity index (χ0) is 28.2. The molecule has 40 heavy (non-hydrogen) atoms. The molecule has 0 aliphatic carbocycles. The van der Waals surface area contributed by atoms with Crippen LogP contribution in [0.15, 0.2) is 73.3 Å². The van der Waals surface area contributed by atoms with Crippen LogP contribution in [0.25, 0.3) is 16.9 Å². The van der Waals surface area contributed by atoms with Gasteiger partial charge in [0.2, 0.25) is 0 Å². The predicted octanol–water partition coefficient (Wildman–Crippen LogP) is 5.99. The summed E-state index contributed by atoms with van der Waals surface area (Å²) in [6.45, 7) is -0.507. The molecule has 3 heterocycles. The lowest BCUT2D eigenvalue weighted by atomic mass is 10.0. The molecule has 206 valence electrons. The van der Waals surface area contributed by atoms with Gasteiger partial charge in [-0.2, -0.15) is 19.0 Å². The smallest absolute Gasteiger partial charge is 0.387 e. The van der Waals surface area contributed by atoms with Crippen LogP contribution in [0.4, 0.5) is 14.5 Å². The Morgan fingerprint density at radius 2 is 1.98 bits per heavy atom. The number of benzene rings is 2. The van der Waals surface area contributed by atoms with Gasteiger partial charge in [-0.1, -0.05) is 30.7 Å². The first kappa shape index (κ1) is 27.1. The molecule has 9 nitrogen and oxygen atoms in total. The number of fused-ring (bicyclic) bond motifs is 1. The molecule has 1 N–H and O–H groups in total. The summed E-state index contributed by atoms with van der Waals surface area (Å²) in [7, 11) is 1.62. The van der Waals surface area contributed by atoms with E-state index in [9.17, 15) is 13.6 Å². The maximum Gasteiger partial charge on any atom is 0.387 e. The molecule has 1 amide bonds. The second kappa shape index (κ2) is 11.7. The fourth-order valence-corrected chi connectivity index (χ4v) is 4.59. The van der Waals surface area contributed by atoms with Crippen molar-refractivity contribution in [3.05, 3.63) is 89.5 Å². The highest BCUT2D eigenvalue weighted by atomic mass is 35.5. The number of hydrogen-bond donors (Lipinski definition) is 1. The Kier molecular flexibility index (Phi) is 7.92. The van der Waals surface area contributed by atoms with Crippen LogP contribution in [0.5, 0.6) is 11.5 Å².